The van der Waals surface area contributed by atoms with Gasteiger partial charge >= 0.3 is 0 Å². The SMILES string of the molecule is CC(=O)CCC(C)C1CC[C@H]2[C@@H]3[C@@H](O)C[C@@H]4C[C@H](O)CC[C@]4(C)[C@H]3CC[C@]12C. The molecule has 0 bridgehead atoms. The van der Waals surface area contributed by atoms with Gasteiger partial charge in [-0.2, -0.15) is 0 Å². The fourth-order valence-electron chi connectivity index (χ4n) is 8.81. The van der Waals surface area contributed by atoms with E-state index in [0.717, 1.165) is 38.5 Å². The van der Waals surface area contributed by atoms with Crippen molar-refractivity contribution >= 4 is 5.78 Å². The molecule has 0 spiro atoms. The lowest BCUT2D eigenvalue weighted by Gasteiger charge is -2.62. The number of carbonyl (C=O) groups excluding carboxylic acids is 1. The van der Waals surface area contributed by atoms with Gasteiger partial charge in [-0.05, 0) is 111 Å². The highest BCUT2D eigenvalue weighted by molar-refractivity contribution is 5.75. The molecule has 0 heterocycles. The molecule has 0 aromatic carbocycles. The molecule has 0 aromatic rings. The van der Waals surface area contributed by atoms with Crippen LogP contribution < -0.4 is 0 Å². The van der Waals surface area contributed by atoms with Gasteiger partial charge in [0.2, 0.25) is 0 Å². The third kappa shape index (κ3) is 3.20. The number of aliphatic hydroxyl groups is 2. The normalized spacial score (nSPS) is 51.7. The maximum Gasteiger partial charge on any atom is 0.129 e. The van der Waals surface area contributed by atoms with Gasteiger partial charge in [-0.15, -0.1) is 0 Å². The Kier molecular flexibility index (Phi) is 5.49. The summed E-state index contributed by atoms with van der Waals surface area (Å²) in [6, 6.07) is 0. The predicted octanol–water partition coefficient (Wildman–Crippen LogP) is 4.98. The van der Waals surface area contributed by atoms with Crippen molar-refractivity contribution in [1.29, 1.82) is 0 Å². The lowest BCUT2D eigenvalue weighted by Crippen LogP contribution is -2.58. The maximum atomic E-state index is 11.5. The van der Waals surface area contributed by atoms with Crippen LogP contribution in [0.1, 0.15) is 91.9 Å². The van der Waals surface area contributed by atoms with Crippen molar-refractivity contribution in [2.24, 2.45) is 46.3 Å². The van der Waals surface area contributed by atoms with Gasteiger partial charge in [0.15, 0.2) is 0 Å². The molecule has 0 aromatic heterocycles. The Morgan fingerprint density at radius 2 is 1.68 bits per heavy atom. The van der Waals surface area contributed by atoms with Crippen molar-refractivity contribution in [3.8, 4) is 0 Å². The number of aliphatic hydroxyl groups excluding tert-OH is 2. The van der Waals surface area contributed by atoms with Crippen molar-refractivity contribution in [2.75, 3.05) is 0 Å². The van der Waals surface area contributed by atoms with Crippen molar-refractivity contribution < 1.29 is 15.0 Å². The molecule has 160 valence electrons. The minimum absolute atomic E-state index is 0.159. The number of Topliss-reactive ketones (excluding diaryl/α,β-unsaturated/α-hetero) is 1. The van der Waals surface area contributed by atoms with Gasteiger partial charge < -0.3 is 15.0 Å². The molecular weight excluding hydrogens is 348 g/mol. The summed E-state index contributed by atoms with van der Waals surface area (Å²) in [6.45, 7) is 9.08. The van der Waals surface area contributed by atoms with E-state index in [0.29, 0.717) is 52.1 Å². The largest absolute Gasteiger partial charge is 0.393 e. The highest BCUT2D eigenvalue weighted by atomic mass is 16.3. The van der Waals surface area contributed by atoms with Gasteiger partial charge in [-0.25, -0.2) is 0 Å². The van der Waals surface area contributed by atoms with Crippen LogP contribution in [0, 0.1) is 46.3 Å². The van der Waals surface area contributed by atoms with Gasteiger partial charge in [-0.3, -0.25) is 0 Å². The van der Waals surface area contributed by atoms with Gasteiger partial charge in [-0.1, -0.05) is 20.8 Å². The smallest absolute Gasteiger partial charge is 0.129 e. The van der Waals surface area contributed by atoms with Crippen LogP contribution in [0.3, 0.4) is 0 Å². The van der Waals surface area contributed by atoms with E-state index in [-0.39, 0.29) is 12.2 Å². The minimum atomic E-state index is -0.190. The summed E-state index contributed by atoms with van der Waals surface area (Å²) in [6.07, 6.45) is 10.3. The maximum absolute atomic E-state index is 11.5. The third-order valence-corrected chi connectivity index (χ3v) is 10.4. The average Bonchev–Trinajstić information content (AvgIpc) is 2.98. The molecule has 0 amide bonds. The van der Waals surface area contributed by atoms with Crippen LogP contribution in [0.5, 0.6) is 0 Å². The molecule has 0 aliphatic heterocycles. The Hall–Kier alpha value is -0.410. The van der Waals surface area contributed by atoms with Crippen LogP contribution in [-0.4, -0.2) is 28.2 Å². The van der Waals surface area contributed by atoms with Crippen molar-refractivity contribution in [3.63, 3.8) is 0 Å². The number of hydrogen-bond acceptors (Lipinski definition) is 3. The highest BCUT2D eigenvalue weighted by Crippen LogP contribution is 2.68. The summed E-state index contributed by atoms with van der Waals surface area (Å²) in [7, 11) is 0. The molecule has 0 saturated heterocycles. The van der Waals surface area contributed by atoms with Crippen LogP contribution in [0.25, 0.3) is 0 Å². The quantitative estimate of drug-likeness (QED) is 0.711. The second-order valence-electron chi connectivity index (χ2n) is 11.7. The first kappa shape index (κ1) is 20.8. The van der Waals surface area contributed by atoms with E-state index in [1.165, 1.54) is 25.7 Å². The Labute approximate surface area is 171 Å². The molecule has 28 heavy (non-hydrogen) atoms. The van der Waals surface area contributed by atoms with Crippen LogP contribution >= 0.6 is 0 Å². The molecule has 2 unspecified atom stereocenters. The summed E-state index contributed by atoms with van der Waals surface area (Å²) in [5.41, 5.74) is 0.637. The fourth-order valence-corrected chi connectivity index (χ4v) is 8.81. The summed E-state index contributed by atoms with van der Waals surface area (Å²) in [5, 5.41) is 21.5. The van der Waals surface area contributed by atoms with Crippen LogP contribution in [0.15, 0.2) is 0 Å². The zero-order valence-corrected chi connectivity index (χ0v) is 18.5. The summed E-state index contributed by atoms with van der Waals surface area (Å²) in [4.78, 5) is 11.5. The second-order valence-corrected chi connectivity index (χ2v) is 11.7. The van der Waals surface area contributed by atoms with Crippen LogP contribution in [-0.2, 0) is 4.79 Å². The van der Waals surface area contributed by atoms with E-state index < -0.39 is 0 Å². The van der Waals surface area contributed by atoms with E-state index in [2.05, 4.69) is 20.8 Å². The summed E-state index contributed by atoms with van der Waals surface area (Å²) >= 11 is 0. The highest BCUT2D eigenvalue weighted by Gasteiger charge is 2.62. The Morgan fingerprint density at radius 1 is 1.00 bits per heavy atom. The van der Waals surface area contributed by atoms with Gasteiger partial charge in [0.05, 0.1) is 12.2 Å². The standard InChI is InChI=1S/C25H42O3/c1-15(5-6-16(2)26)19-7-8-20-23-21(10-12-25(19,20)4)24(3)11-9-18(27)13-17(24)14-22(23)28/h15,17-23,27-28H,5-14H2,1-4H3/t15?,17-,18+,19?,20-,21-,22-,23-,24-,25+/m0/s1. The molecule has 3 nitrogen and oxygen atoms in total. The molecule has 3 heteroatoms. The molecule has 4 rings (SSSR count). The number of hydrogen-bond donors (Lipinski definition) is 2. The molecule has 0 radical (unpaired) electrons. The van der Waals surface area contributed by atoms with E-state index in [1.807, 2.05) is 0 Å². The van der Waals surface area contributed by atoms with Crippen molar-refractivity contribution in [2.45, 2.75) is 104 Å². The monoisotopic (exact) mass is 390 g/mol. The Bertz CT molecular complexity index is 603. The van der Waals surface area contributed by atoms with E-state index >= 15 is 0 Å². The molecule has 2 N–H and O–H groups in total. The van der Waals surface area contributed by atoms with E-state index in [1.54, 1.807) is 6.92 Å². The molecule has 4 fully saturated rings. The fraction of sp³-hybridized carbons (Fsp3) is 0.960. The first-order valence-corrected chi connectivity index (χ1v) is 12.0. The Balaban J connectivity index is 1.55. The number of ketones is 1. The molecule has 4 saturated carbocycles. The first-order valence-electron chi connectivity index (χ1n) is 12.0. The number of fused-ring (bicyclic) bond motifs is 5. The van der Waals surface area contributed by atoms with Crippen LogP contribution in [0.2, 0.25) is 0 Å². The molecule has 10 atom stereocenters. The number of rotatable bonds is 4. The molecule has 4 aliphatic rings. The average molecular weight is 391 g/mol. The van der Waals surface area contributed by atoms with Gasteiger partial charge in [0, 0.05) is 6.42 Å². The first-order chi connectivity index (χ1) is 13.2. The lowest BCUT2D eigenvalue weighted by molar-refractivity contribution is -0.174. The van der Waals surface area contributed by atoms with Crippen LogP contribution in [0.4, 0.5) is 0 Å². The topological polar surface area (TPSA) is 57.5 Å². The Morgan fingerprint density at radius 3 is 2.39 bits per heavy atom. The zero-order chi connectivity index (χ0) is 20.3. The molecule has 4 aliphatic carbocycles. The second kappa shape index (κ2) is 7.38. The summed E-state index contributed by atoms with van der Waals surface area (Å²) in [5.74, 6) is 3.81. The van der Waals surface area contributed by atoms with Gasteiger partial charge in [0.1, 0.15) is 5.78 Å². The predicted molar refractivity (Wildman–Crippen MR) is 112 cm³/mol. The summed E-state index contributed by atoms with van der Waals surface area (Å²) < 4.78 is 0. The van der Waals surface area contributed by atoms with Crippen molar-refractivity contribution in [3.05, 3.63) is 0 Å². The lowest BCUT2D eigenvalue weighted by atomic mass is 9.43. The van der Waals surface area contributed by atoms with Crippen molar-refractivity contribution in [1.82, 2.24) is 0 Å². The van der Waals surface area contributed by atoms with E-state index in [9.17, 15) is 15.0 Å². The van der Waals surface area contributed by atoms with E-state index in [4.69, 9.17) is 0 Å². The van der Waals surface area contributed by atoms with Gasteiger partial charge in [0.25, 0.3) is 0 Å². The number of carbonyl (C=O) groups is 1. The molecular formula is C25H42O3. The third-order valence-electron chi connectivity index (χ3n) is 10.4. The minimum Gasteiger partial charge on any atom is -0.393 e. The zero-order valence-electron chi connectivity index (χ0n) is 18.5.